The van der Waals surface area contributed by atoms with Crippen molar-refractivity contribution in [3.8, 4) is 0 Å². The molecule has 0 spiro atoms. The molecule has 0 saturated carbocycles. The molecule has 2 nitrogen and oxygen atoms in total. The molecule has 1 heterocycles. The van der Waals surface area contributed by atoms with E-state index in [4.69, 9.17) is 0 Å². The highest BCUT2D eigenvalue weighted by Gasteiger charge is 2.44. The van der Waals surface area contributed by atoms with Gasteiger partial charge in [-0.05, 0) is 25.5 Å². The summed E-state index contributed by atoms with van der Waals surface area (Å²) in [5, 5.41) is 10.3. The molecular weight excluding hydrogens is 298 g/mol. The van der Waals surface area contributed by atoms with E-state index in [1.54, 1.807) is 6.92 Å². The van der Waals surface area contributed by atoms with Gasteiger partial charge in [0.25, 0.3) is 0 Å². The second-order valence-electron chi connectivity index (χ2n) is 6.92. The fourth-order valence-electron chi connectivity index (χ4n) is 2.75. The zero-order valence-electron chi connectivity index (χ0n) is 13.0. The molecule has 1 fully saturated rings. The van der Waals surface area contributed by atoms with Crippen LogP contribution < -0.4 is 0 Å². The Labute approximate surface area is 127 Å². The zero-order valence-corrected chi connectivity index (χ0v) is 13.0. The van der Waals surface area contributed by atoms with Gasteiger partial charge in [-0.3, -0.25) is 4.90 Å². The van der Waals surface area contributed by atoms with Crippen LogP contribution in [-0.4, -0.2) is 28.7 Å². The molecule has 0 unspecified atom stereocenters. The first-order valence-corrected chi connectivity index (χ1v) is 7.23. The zero-order chi connectivity index (χ0) is 16.8. The first-order valence-electron chi connectivity index (χ1n) is 7.23. The molecule has 2 rings (SSSR count). The lowest BCUT2D eigenvalue weighted by atomic mass is 9.71. The number of halogens is 4. The molecule has 124 valence electrons. The average Bonchev–Trinajstić information content (AvgIpc) is 2.35. The largest absolute Gasteiger partial charge is 0.416 e. The first kappa shape index (κ1) is 17.2. The highest BCUT2D eigenvalue weighted by Crippen LogP contribution is 2.38. The molecule has 22 heavy (non-hydrogen) atoms. The van der Waals surface area contributed by atoms with Gasteiger partial charge in [-0.15, -0.1) is 0 Å². The second kappa shape index (κ2) is 5.49. The SMILES string of the molecule is CC1(C)CN(Cc2ccc(C(F)(F)F)cc2F)CC[C@@]1(C)O. The summed E-state index contributed by atoms with van der Waals surface area (Å²) in [6.45, 7) is 7.02. The van der Waals surface area contributed by atoms with Crippen LogP contribution in [0.25, 0.3) is 0 Å². The average molecular weight is 319 g/mol. The first-order chi connectivity index (χ1) is 9.92. The van der Waals surface area contributed by atoms with Crippen LogP contribution in [0.5, 0.6) is 0 Å². The summed E-state index contributed by atoms with van der Waals surface area (Å²) < 4.78 is 51.5. The molecule has 0 aliphatic carbocycles. The summed E-state index contributed by atoms with van der Waals surface area (Å²) in [4.78, 5) is 1.96. The topological polar surface area (TPSA) is 23.5 Å². The van der Waals surface area contributed by atoms with Crippen molar-refractivity contribution in [1.29, 1.82) is 0 Å². The van der Waals surface area contributed by atoms with Crippen molar-refractivity contribution in [3.63, 3.8) is 0 Å². The maximum absolute atomic E-state index is 13.9. The predicted molar refractivity (Wildman–Crippen MR) is 75.7 cm³/mol. The van der Waals surface area contributed by atoms with Gasteiger partial charge in [-0.2, -0.15) is 13.2 Å². The third kappa shape index (κ3) is 3.43. The molecule has 1 atom stereocenters. The van der Waals surface area contributed by atoms with Crippen LogP contribution in [-0.2, 0) is 12.7 Å². The molecule has 1 aliphatic heterocycles. The lowest BCUT2D eigenvalue weighted by molar-refractivity contribution is -0.137. The number of aliphatic hydroxyl groups is 1. The minimum absolute atomic E-state index is 0.240. The number of nitrogens with zero attached hydrogens (tertiary/aromatic N) is 1. The van der Waals surface area contributed by atoms with E-state index >= 15 is 0 Å². The van der Waals surface area contributed by atoms with Crippen LogP contribution >= 0.6 is 0 Å². The normalized spacial score (nSPS) is 26.2. The van der Waals surface area contributed by atoms with Gasteiger partial charge in [0, 0.05) is 30.6 Å². The Balaban J connectivity index is 2.12. The Morgan fingerprint density at radius 1 is 1.23 bits per heavy atom. The van der Waals surface area contributed by atoms with Gasteiger partial charge in [0.1, 0.15) is 5.82 Å². The Hall–Kier alpha value is -1.14. The number of benzene rings is 1. The molecular formula is C16H21F4NO. The predicted octanol–water partition coefficient (Wildman–Crippen LogP) is 3.83. The van der Waals surface area contributed by atoms with Crippen LogP contribution in [0, 0.1) is 11.2 Å². The quantitative estimate of drug-likeness (QED) is 0.838. The third-order valence-corrected chi connectivity index (χ3v) is 4.77. The number of piperidine rings is 1. The van der Waals surface area contributed by atoms with E-state index in [1.807, 2.05) is 18.7 Å². The van der Waals surface area contributed by atoms with E-state index in [0.717, 1.165) is 6.07 Å². The summed E-state index contributed by atoms with van der Waals surface area (Å²) in [5.41, 5.74) is -1.91. The van der Waals surface area contributed by atoms with Crippen LogP contribution in [0.3, 0.4) is 0 Å². The molecule has 1 saturated heterocycles. The summed E-state index contributed by atoms with van der Waals surface area (Å²) in [6.07, 6.45) is -3.99. The summed E-state index contributed by atoms with van der Waals surface area (Å²) in [6, 6.07) is 2.64. The minimum Gasteiger partial charge on any atom is -0.390 e. The summed E-state index contributed by atoms with van der Waals surface area (Å²) in [7, 11) is 0. The van der Waals surface area contributed by atoms with Crippen molar-refractivity contribution in [3.05, 3.63) is 35.1 Å². The highest BCUT2D eigenvalue weighted by atomic mass is 19.4. The number of alkyl halides is 3. The van der Waals surface area contributed by atoms with Gasteiger partial charge in [0.05, 0.1) is 11.2 Å². The van der Waals surface area contributed by atoms with E-state index in [2.05, 4.69) is 0 Å². The number of rotatable bonds is 2. The Kier molecular flexibility index (Phi) is 4.30. The molecule has 0 radical (unpaired) electrons. The Morgan fingerprint density at radius 2 is 1.86 bits per heavy atom. The Morgan fingerprint density at radius 3 is 2.36 bits per heavy atom. The third-order valence-electron chi connectivity index (χ3n) is 4.77. The van der Waals surface area contributed by atoms with Crippen molar-refractivity contribution < 1.29 is 22.7 Å². The maximum atomic E-state index is 13.9. The monoisotopic (exact) mass is 319 g/mol. The molecule has 6 heteroatoms. The van der Waals surface area contributed by atoms with E-state index < -0.39 is 23.2 Å². The van der Waals surface area contributed by atoms with E-state index in [1.165, 1.54) is 6.07 Å². The molecule has 0 amide bonds. The van der Waals surface area contributed by atoms with Gasteiger partial charge < -0.3 is 5.11 Å². The van der Waals surface area contributed by atoms with E-state index in [0.29, 0.717) is 25.6 Å². The smallest absolute Gasteiger partial charge is 0.390 e. The number of hydrogen-bond acceptors (Lipinski definition) is 2. The van der Waals surface area contributed by atoms with Gasteiger partial charge in [-0.25, -0.2) is 4.39 Å². The van der Waals surface area contributed by atoms with E-state index in [-0.39, 0.29) is 17.5 Å². The summed E-state index contributed by atoms with van der Waals surface area (Å²) >= 11 is 0. The molecule has 1 N–H and O–H groups in total. The Bertz CT molecular complexity index is 552. The molecule has 0 aromatic heterocycles. The fraction of sp³-hybridized carbons (Fsp3) is 0.625. The van der Waals surface area contributed by atoms with Crippen molar-refractivity contribution in [2.45, 2.75) is 45.5 Å². The minimum atomic E-state index is -4.54. The molecule has 1 aromatic carbocycles. The maximum Gasteiger partial charge on any atom is 0.416 e. The van der Waals surface area contributed by atoms with Crippen molar-refractivity contribution in [2.24, 2.45) is 5.41 Å². The van der Waals surface area contributed by atoms with Crippen molar-refractivity contribution >= 4 is 0 Å². The van der Waals surface area contributed by atoms with Gasteiger partial charge >= 0.3 is 6.18 Å². The molecule has 0 bridgehead atoms. The second-order valence-corrected chi connectivity index (χ2v) is 6.92. The lowest BCUT2D eigenvalue weighted by Crippen LogP contribution is -2.55. The highest BCUT2D eigenvalue weighted by molar-refractivity contribution is 5.26. The molecule has 1 aromatic rings. The van der Waals surface area contributed by atoms with Crippen molar-refractivity contribution in [1.82, 2.24) is 4.90 Å². The number of likely N-dealkylation sites (tertiary alicyclic amines) is 1. The molecule has 1 aliphatic rings. The van der Waals surface area contributed by atoms with E-state index in [9.17, 15) is 22.7 Å². The van der Waals surface area contributed by atoms with Gasteiger partial charge in [-0.1, -0.05) is 19.9 Å². The van der Waals surface area contributed by atoms with Crippen LogP contribution in [0.15, 0.2) is 18.2 Å². The lowest BCUT2D eigenvalue weighted by Gasteiger charge is -2.48. The summed E-state index contributed by atoms with van der Waals surface area (Å²) in [5.74, 6) is -0.843. The van der Waals surface area contributed by atoms with Crippen molar-refractivity contribution in [2.75, 3.05) is 13.1 Å². The fourth-order valence-corrected chi connectivity index (χ4v) is 2.75. The van der Waals surface area contributed by atoms with Gasteiger partial charge in [0.15, 0.2) is 0 Å². The van der Waals surface area contributed by atoms with Crippen LogP contribution in [0.1, 0.15) is 38.3 Å². The standard InChI is InChI=1S/C16H21F4NO/c1-14(2)10-21(7-6-15(14,3)22)9-11-4-5-12(8-13(11)17)16(18,19)20/h4-5,8,22H,6-7,9-10H2,1-3H3/t15-/m1/s1. The van der Waals surface area contributed by atoms with Crippen LogP contribution in [0.2, 0.25) is 0 Å². The number of hydrogen-bond donors (Lipinski definition) is 1. The van der Waals surface area contributed by atoms with Crippen LogP contribution in [0.4, 0.5) is 17.6 Å². The van der Waals surface area contributed by atoms with Gasteiger partial charge in [0.2, 0.25) is 0 Å².